The number of alkyl halides is 3. The Kier molecular flexibility index (Phi) is 3.92. The molecule has 2 aromatic rings. The van der Waals surface area contributed by atoms with Gasteiger partial charge in [0, 0.05) is 17.7 Å². The smallest absolute Gasteiger partial charge is 0.434 e. The molecule has 2 rings (SSSR count). The van der Waals surface area contributed by atoms with Gasteiger partial charge in [-0.2, -0.15) is 17.7 Å². The minimum Gasteiger partial charge on any atom is -0.743 e. The van der Waals surface area contributed by atoms with Crippen molar-refractivity contribution < 1.29 is 30.7 Å². The maximum atomic E-state index is 12.3. The Morgan fingerprint density at radius 2 is 1.76 bits per heavy atom. The van der Waals surface area contributed by atoms with E-state index in [0.717, 1.165) is 10.8 Å². The first-order chi connectivity index (χ1) is 9.65. The average molecular weight is 319 g/mol. The summed E-state index contributed by atoms with van der Waals surface area (Å²) in [5, 5.41) is 0. The molecule has 0 amide bonds. The molecule has 2 heterocycles. The summed E-state index contributed by atoms with van der Waals surface area (Å²) in [6, 6.07) is 2.84. The molecule has 6 nitrogen and oxygen atoms in total. The molecule has 0 aliphatic rings. The van der Waals surface area contributed by atoms with Crippen LogP contribution in [0.15, 0.2) is 36.9 Å². The summed E-state index contributed by atoms with van der Waals surface area (Å²) < 4.78 is 69.9. The maximum absolute atomic E-state index is 12.3. The number of pyridine rings is 1. The standard InChI is InChI=1S/C11H8F3N3O3S/c12-11(13,14)10-6-15-9(5-16-10)8-1-3-17(4-2-8)7-21(18,19)20/h1-6H,7H2. The van der Waals surface area contributed by atoms with Crippen LogP contribution in [0.1, 0.15) is 5.69 Å². The van der Waals surface area contributed by atoms with Gasteiger partial charge in [0.2, 0.25) is 5.88 Å². The summed E-state index contributed by atoms with van der Waals surface area (Å²) in [7, 11) is -4.42. The fourth-order valence-electron chi connectivity index (χ4n) is 1.52. The maximum Gasteiger partial charge on any atom is 0.434 e. The fraction of sp³-hybridized carbons (Fsp3) is 0.182. The number of aromatic nitrogens is 3. The van der Waals surface area contributed by atoms with Crippen LogP contribution in [0.3, 0.4) is 0 Å². The molecule has 0 saturated heterocycles. The van der Waals surface area contributed by atoms with Crippen LogP contribution in [-0.2, 0) is 22.2 Å². The molecule has 2 aromatic heterocycles. The van der Waals surface area contributed by atoms with Gasteiger partial charge in [-0.25, -0.2) is 13.4 Å². The average Bonchev–Trinajstić information content (AvgIpc) is 2.37. The van der Waals surface area contributed by atoms with E-state index in [-0.39, 0.29) is 5.69 Å². The summed E-state index contributed by atoms with van der Waals surface area (Å²) >= 11 is 0. The largest absolute Gasteiger partial charge is 0.743 e. The summed E-state index contributed by atoms with van der Waals surface area (Å²) in [6.07, 6.45) is -0.368. The second kappa shape index (κ2) is 5.37. The lowest BCUT2D eigenvalue weighted by atomic mass is 10.2. The second-order valence-corrected chi connectivity index (χ2v) is 5.45. The molecule has 0 radical (unpaired) electrons. The van der Waals surface area contributed by atoms with E-state index in [1.807, 2.05) is 0 Å². The van der Waals surface area contributed by atoms with Crippen molar-refractivity contribution in [3.63, 3.8) is 0 Å². The van der Waals surface area contributed by atoms with Crippen molar-refractivity contribution >= 4 is 10.1 Å². The van der Waals surface area contributed by atoms with Gasteiger partial charge in [-0.3, -0.25) is 4.98 Å². The summed E-state index contributed by atoms with van der Waals surface area (Å²) in [5.41, 5.74) is -0.467. The minimum absolute atomic E-state index is 0.195. The predicted octanol–water partition coefficient (Wildman–Crippen LogP) is 0.953. The van der Waals surface area contributed by atoms with E-state index in [1.165, 1.54) is 24.5 Å². The van der Waals surface area contributed by atoms with E-state index in [1.54, 1.807) is 0 Å². The van der Waals surface area contributed by atoms with Crippen LogP contribution in [0.2, 0.25) is 0 Å². The third-order valence-electron chi connectivity index (χ3n) is 2.44. The van der Waals surface area contributed by atoms with Crippen molar-refractivity contribution in [3.8, 4) is 11.3 Å². The van der Waals surface area contributed by atoms with Gasteiger partial charge in [0.15, 0.2) is 28.2 Å². The van der Waals surface area contributed by atoms with E-state index in [4.69, 9.17) is 0 Å². The lowest BCUT2D eigenvalue weighted by Crippen LogP contribution is -2.36. The molecule has 0 aromatic carbocycles. The van der Waals surface area contributed by atoms with Crippen LogP contribution in [0.25, 0.3) is 11.3 Å². The van der Waals surface area contributed by atoms with Crippen LogP contribution < -0.4 is 4.57 Å². The topological polar surface area (TPSA) is 86.9 Å². The highest BCUT2D eigenvalue weighted by molar-refractivity contribution is 7.84. The molecule has 0 fully saturated rings. The summed E-state index contributed by atoms with van der Waals surface area (Å²) in [5.74, 6) is -0.730. The number of nitrogens with zero attached hydrogens (tertiary/aromatic N) is 3. The molecule has 21 heavy (non-hydrogen) atoms. The predicted molar refractivity (Wildman–Crippen MR) is 62.4 cm³/mol. The van der Waals surface area contributed by atoms with Crippen LogP contribution in [0.4, 0.5) is 13.2 Å². The molecule has 10 heteroatoms. The Balaban J connectivity index is 2.23. The first kappa shape index (κ1) is 15.3. The van der Waals surface area contributed by atoms with Crippen LogP contribution in [0.5, 0.6) is 0 Å². The van der Waals surface area contributed by atoms with Crippen molar-refractivity contribution in [2.75, 3.05) is 0 Å². The molecule has 0 bridgehead atoms. The first-order valence-corrected chi connectivity index (χ1v) is 7.05. The monoisotopic (exact) mass is 319 g/mol. The highest BCUT2D eigenvalue weighted by atomic mass is 32.2. The minimum atomic E-state index is -4.56. The molecule has 0 aliphatic carbocycles. The lowest BCUT2D eigenvalue weighted by Gasteiger charge is -2.06. The van der Waals surface area contributed by atoms with E-state index in [9.17, 15) is 26.1 Å². The summed E-state index contributed by atoms with van der Waals surface area (Å²) in [4.78, 5) is 6.92. The molecular weight excluding hydrogens is 311 g/mol. The van der Waals surface area contributed by atoms with E-state index >= 15 is 0 Å². The van der Waals surface area contributed by atoms with Crippen LogP contribution >= 0.6 is 0 Å². The van der Waals surface area contributed by atoms with Crippen molar-refractivity contribution in [3.05, 3.63) is 42.6 Å². The Hall–Kier alpha value is -2.07. The third-order valence-corrected chi connectivity index (χ3v) is 3.05. The third kappa shape index (κ3) is 4.20. The molecule has 112 valence electrons. The molecule has 0 N–H and O–H groups in total. The van der Waals surface area contributed by atoms with E-state index in [0.29, 0.717) is 11.8 Å². The van der Waals surface area contributed by atoms with Crippen molar-refractivity contribution in [2.45, 2.75) is 12.1 Å². The van der Waals surface area contributed by atoms with Crippen LogP contribution in [-0.4, -0.2) is 22.9 Å². The highest BCUT2D eigenvalue weighted by Crippen LogP contribution is 2.27. The second-order valence-electron chi connectivity index (χ2n) is 4.07. The molecule has 0 spiro atoms. The lowest BCUT2D eigenvalue weighted by molar-refractivity contribution is -0.678. The Labute approximate surface area is 117 Å². The van der Waals surface area contributed by atoms with E-state index < -0.39 is 27.9 Å². The number of hydrogen-bond donors (Lipinski definition) is 0. The SMILES string of the molecule is O=S(=O)([O-])C[n+]1ccc(-c2cnc(C(F)(F)F)cn2)cc1. The molecular formula is C11H8F3N3O3S. The zero-order valence-corrected chi connectivity index (χ0v) is 11.1. The summed E-state index contributed by atoms with van der Waals surface area (Å²) in [6.45, 7) is 0. The van der Waals surface area contributed by atoms with Gasteiger partial charge in [-0.1, -0.05) is 0 Å². The Morgan fingerprint density at radius 1 is 1.14 bits per heavy atom. The van der Waals surface area contributed by atoms with Gasteiger partial charge in [-0.15, -0.1) is 0 Å². The number of halogens is 3. The fourth-order valence-corrected chi connectivity index (χ4v) is 2.06. The van der Waals surface area contributed by atoms with Crippen LogP contribution in [0, 0.1) is 0 Å². The van der Waals surface area contributed by atoms with Gasteiger partial charge in [0.05, 0.1) is 18.1 Å². The van der Waals surface area contributed by atoms with Gasteiger partial charge >= 0.3 is 6.18 Å². The van der Waals surface area contributed by atoms with Crippen molar-refractivity contribution in [1.82, 2.24) is 9.97 Å². The molecule has 0 saturated carbocycles. The Bertz CT molecular complexity index is 728. The number of hydrogen-bond acceptors (Lipinski definition) is 5. The van der Waals surface area contributed by atoms with E-state index in [2.05, 4.69) is 9.97 Å². The Morgan fingerprint density at radius 3 is 2.19 bits per heavy atom. The normalized spacial score (nSPS) is 12.4. The van der Waals surface area contributed by atoms with Gasteiger partial charge in [0.1, 0.15) is 0 Å². The number of rotatable bonds is 3. The van der Waals surface area contributed by atoms with Crippen molar-refractivity contribution in [1.29, 1.82) is 0 Å². The van der Waals surface area contributed by atoms with Gasteiger partial charge < -0.3 is 4.55 Å². The molecule has 0 atom stereocenters. The van der Waals surface area contributed by atoms with Crippen molar-refractivity contribution in [2.24, 2.45) is 0 Å². The quantitative estimate of drug-likeness (QED) is 0.621. The zero-order valence-electron chi connectivity index (χ0n) is 10.3. The zero-order chi connectivity index (χ0) is 15.7. The first-order valence-electron chi connectivity index (χ1n) is 5.47. The van der Waals surface area contributed by atoms with Gasteiger partial charge in [0.25, 0.3) is 0 Å². The highest BCUT2D eigenvalue weighted by Gasteiger charge is 2.32. The van der Waals surface area contributed by atoms with Gasteiger partial charge in [-0.05, 0) is 0 Å². The molecule has 0 unspecified atom stereocenters. The molecule has 0 aliphatic heterocycles.